The number of nitro benzene ring substituents is 1. The molecule has 1 aliphatic heterocycles. The Morgan fingerprint density at radius 1 is 1.06 bits per heavy atom. The molecule has 2 aromatic rings. The van der Waals surface area contributed by atoms with Gasteiger partial charge in [-0.15, -0.1) is 0 Å². The van der Waals surface area contributed by atoms with Crippen molar-refractivity contribution in [1.82, 2.24) is 14.9 Å². The molecule has 0 aliphatic carbocycles. The Labute approximate surface area is 178 Å². The molecule has 0 aromatic heterocycles. The molecule has 0 radical (unpaired) electrons. The normalized spacial score (nSPS) is 16.6. The SMILES string of the molecule is O=C(NCc1ccccc1)C(=O)NC[C@H]1OCCN1S(=O)(=O)c1ccc([N+](=O)[O-])cc1. The Kier molecular flexibility index (Phi) is 6.95. The molecule has 2 aromatic carbocycles. The molecule has 2 amide bonds. The number of sulfonamides is 1. The van der Waals surface area contributed by atoms with Crippen molar-refractivity contribution in [3.8, 4) is 0 Å². The molecule has 11 nitrogen and oxygen atoms in total. The number of carbonyl (C=O) groups excluding carboxylic acids is 2. The van der Waals surface area contributed by atoms with Crippen LogP contribution in [-0.2, 0) is 30.9 Å². The molecule has 1 aliphatic rings. The molecular formula is C19H20N4O7S. The molecule has 12 heteroatoms. The van der Waals surface area contributed by atoms with Crippen LogP contribution < -0.4 is 10.6 Å². The summed E-state index contributed by atoms with van der Waals surface area (Å²) in [6.45, 7) is 0.0878. The van der Waals surface area contributed by atoms with Gasteiger partial charge < -0.3 is 15.4 Å². The van der Waals surface area contributed by atoms with Crippen molar-refractivity contribution in [2.75, 3.05) is 19.7 Å². The fraction of sp³-hybridized carbons (Fsp3) is 0.263. The quantitative estimate of drug-likeness (QED) is 0.353. The number of amides is 2. The predicted molar refractivity (Wildman–Crippen MR) is 108 cm³/mol. The maximum atomic E-state index is 12.8. The molecule has 3 rings (SSSR count). The van der Waals surface area contributed by atoms with Crippen molar-refractivity contribution < 1.29 is 27.7 Å². The predicted octanol–water partition coefficient (Wildman–Crippen LogP) is 0.374. The highest BCUT2D eigenvalue weighted by Gasteiger charge is 2.36. The summed E-state index contributed by atoms with van der Waals surface area (Å²) in [5.41, 5.74) is 0.588. The van der Waals surface area contributed by atoms with E-state index in [-0.39, 0.29) is 36.8 Å². The lowest BCUT2D eigenvalue weighted by atomic mass is 10.2. The number of nitrogens with one attached hydrogen (secondary N) is 2. The summed E-state index contributed by atoms with van der Waals surface area (Å²) < 4.78 is 32.1. The highest BCUT2D eigenvalue weighted by atomic mass is 32.2. The second-order valence-corrected chi connectivity index (χ2v) is 8.46. The molecule has 1 heterocycles. The minimum atomic E-state index is -4.01. The van der Waals surface area contributed by atoms with Crippen molar-refractivity contribution in [2.45, 2.75) is 17.7 Å². The van der Waals surface area contributed by atoms with E-state index in [0.717, 1.165) is 34.1 Å². The first-order chi connectivity index (χ1) is 14.8. The molecular weight excluding hydrogens is 428 g/mol. The topological polar surface area (TPSA) is 148 Å². The molecule has 31 heavy (non-hydrogen) atoms. The monoisotopic (exact) mass is 448 g/mol. The average molecular weight is 448 g/mol. The van der Waals surface area contributed by atoms with Crippen LogP contribution in [0.5, 0.6) is 0 Å². The van der Waals surface area contributed by atoms with Gasteiger partial charge in [0.05, 0.1) is 23.0 Å². The smallest absolute Gasteiger partial charge is 0.309 e. The number of carbonyl (C=O) groups is 2. The van der Waals surface area contributed by atoms with Crippen molar-refractivity contribution in [1.29, 1.82) is 0 Å². The van der Waals surface area contributed by atoms with Crippen LogP contribution in [0.15, 0.2) is 59.5 Å². The Hall–Kier alpha value is -3.35. The fourth-order valence-electron chi connectivity index (χ4n) is 2.94. The first-order valence-electron chi connectivity index (χ1n) is 9.27. The van der Waals surface area contributed by atoms with E-state index in [1.807, 2.05) is 6.07 Å². The van der Waals surface area contributed by atoms with Crippen molar-refractivity contribution in [2.24, 2.45) is 0 Å². The van der Waals surface area contributed by atoms with Crippen molar-refractivity contribution in [3.63, 3.8) is 0 Å². The lowest BCUT2D eigenvalue weighted by molar-refractivity contribution is -0.384. The van der Waals surface area contributed by atoms with Gasteiger partial charge in [0, 0.05) is 25.2 Å². The molecule has 164 valence electrons. The van der Waals surface area contributed by atoms with Crippen LogP contribution in [0.25, 0.3) is 0 Å². The number of nitro groups is 1. The van der Waals surface area contributed by atoms with Crippen LogP contribution in [0.4, 0.5) is 5.69 Å². The second kappa shape index (κ2) is 9.64. The average Bonchev–Trinajstić information content (AvgIpc) is 3.26. The van der Waals surface area contributed by atoms with E-state index >= 15 is 0 Å². The van der Waals surface area contributed by atoms with Gasteiger partial charge in [-0.3, -0.25) is 19.7 Å². The number of hydrogen-bond acceptors (Lipinski definition) is 7. The summed E-state index contributed by atoms with van der Waals surface area (Å²) in [7, 11) is -4.01. The standard InChI is InChI=1S/C19H20N4O7S/c24-18(20-12-14-4-2-1-3-5-14)19(25)21-13-17-22(10-11-30-17)31(28,29)16-8-6-15(7-9-16)23(26)27/h1-9,17H,10-13H2,(H,20,24)(H,21,25)/t17-/m1/s1. The van der Waals surface area contributed by atoms with E-state index in [2.05, 4.69) is 10.6 Å². The van der Waals surface area contributed by atoms with E-state index in [0.29, 0.717) is 0 Å². The second-order valence-electron chi connectivity index (χ2n) is 6.57. The van der Waals surface area contributed by atoms with Crippen molar-refractivity contribution in [3.05, 3.63) is 70.3 Å². The van der Waals surface area contributed by atoms with Gasteiger partial charge in [0.25, 0.3) is 5.69 Å². The van der Waals surface area contributed by atoms with Crippen LogP contribution in [-0.4, -0.2) is 55.4 Å². The van der Waals surface area contributed by atoms with E-state index < -0.39 is 33.0 Å². The number of rotatable bonds is 7. The van der Waals surface area contributed by atoms with E-state index in [4.69, 9.17) is 4.74 Å². The minimum Gasteiger partial charge on any atom is -0.359 e. The van der Waals surface area contributed by atoms with Crippen molar-refractivity contribution >= 4 is 27.5 Å². The van der Waals surface area contributed by atoms with Gasteiger partial charge in [-0.2, -0.15) is 4.31 Å². The number of hydrogen-bond donors (Lipinski definition) is 2. The van der Waals surface area contributed by atoms with Crippen LogP contribution in [0.1, 0.15) is 5.56 Å². The molecule has 0 unspecified atom stereocenters. The molecule has 0 bridgehead atoms. The molecule has 1 atom stereocenters. The number of benzene rings is 2. The highest BCUT2D eigenvalue weighted by molar-refractivity contribution is 7.89. The summed E-state index contributed by atoms with van der Waals surface area (Å²) >= 11 is 0. The zero-order chi connectivity index (χ0) is 22.4. The Bertz CT molecular complexity index is 1060. The molecule has 1 saturated heterocycles. The first kappa shape index (κ1) is 22.3. The molecule has 1 fully saturated rings. The van der Waals surface area contributed by atoms with E-state index in [1.54, 1.807) is 24.3 Å². The highest BCUT2D eigenvalue weighted by Crippen LogP contribution is 2.24. The third kappa shape index (κ3) is 5.42. The minimum absolute atomic E-state index is 0.0417. The van der Waals surface area contributed by atoms with Gasteiger partial charge in [0.1, 0.15) is 6.23 Å². The molecule has 0 spiro atoms. The summed E-state index contributed by atoms with van der Waals surface area (Å²) in [5, 5.41) is 15.6. The van der Waals surface area contributed by atoms with Gasteiger partial charge in [-0.1, -0.05) is 30.3 Å². The lowest BCUT2D eigenvalue weighted by Gasteiger charge is -2.22. The first-order valence-corrected chi connectivity index (χ1v) is 10.7. The van der Waals surface area contributed by atoms with Crippen LogP contribution in [0.2, 0.25) is 0 Å². The van der Waals surface area contributed by atoms with Gasteiger partial charge in [0.15, 0.2) is 0 Å². The van der Waals surface area contributed by atoms with Crippen LogP contribution >= 0.6 is 0 Å². The summed E-state index contributed by atoms with van der Waals surface area (Å²) in [6, 6.07) is 13.5. The van der Waals surface area contributed by atoms with E-state index in [9.17, 15) is 28.1 Å². The third-order valence-corrected chi connectivity index (χ3v) is 6.44. The maximum Gasteiger partial charge on any atom is 0.309 e. The summed E-state index contributed by atoms with van der Waals surface area (Å²) in [5.74, 6) is -1.77. The number of nitrogens with zero attached hydrogens (tertiary/aromatic N) is 2. The Balaban J connectivity index is 1.57. The summed E-state index contributed by atoms with van der Waals surface area (Å²) in [6.07, 6.45) is -1.01. The van der Waals surface area contributed by atoms with Crippen LogP contribution in [0.3, 0.4) is 0 Å². The number of ether oxygens (including phenoxy) is 1. The third-order valence-electron chi connectivity index (χ3n) is 4.54. The van der Waals surface area contributed by atoms with Gasteiger partial charge in [-0.05, 0) is 17.7 Å². The van der Waals surface area contributed by atoms with Gasteiger partial charge in [0.2, 0.25) is 10.0 Å². The van der Waals surface area contributed by atoms with Gasteiger partial charge in [-0.25, -0.2) is 8.42 Å². The fourth-order valence-corrected chi connectivity index (χ4v) is 4.45. The zero-order valence-corrected chi connectivity index (χ0v) is 17.1. The largest absolute Gasteiger partial charge is 0.359 e. The molecule has 2 N–H and O–H groups in total. The Morgan fingerprint density at radius 2 is 1.71 bits per heavy atom. The lowest BCUT2D eigenvalue weighted by Crippen LogP contribution is -2.47. The maximum absolute atomic E-state index is 12.8. The van der Waals surface area contributed by atoms with Crippen LogP contribution in [0, 0.1) is 10.1 Å². The molecule has 0 saturated carbocycles. The zero-order valence-electron chi connectivity index (χ0n) is 16.3. The Morgan fingerprint density at radius 3 is 2.35 bits per heavy atom. The van der Waals surface area contributed by atoms with Gasteiger partial charge >= 0.3 is 11.8 Å². The van der Waals surface area contributed by atoms with E-state index in [1.165, 1.54) is 0 Å². The summed E-state index contributed by atoms with van der Waals surface area (Å²) in [4.78, 5) is 34.0. The number of non-ortho nitro benzene ring substituents is 1.